The Morgan fingerprint density at radius 1 is 1.21 bits per heavy atom. The van der Waals surface area contributed by atoms with Crippen LogP contribution in [0.4, 0.5) is 11.4 Å². The number of anilines is 2. The first-order valence-corrected chi connectivity index (χ1v) is 9.46. The number of morpholine rings is 1. The van der Waals surface area contributed by atoms with E-state index in [4.69, 9.17) is 16.3 Å². The number of nitrogens with zero attached hydrogens (tertiary/aromatic N) is 2. The van der Waals surface area contributed by atoms with Crippen molar-refractivity contribution >= 4 is 39.8 Å². The second kappa shape index (κ2) is 8.14. The maximum atomic E-state index is 11.6. The highest BCUT2D eigenvalue weighted by molar-refractivity contribution is 6.31. The molecule has 1 aliphatic heterocycles. The number of nitrogens with one attached hydrogen (secondary N) is 1. The van der Waals surface area contributed by atoms with Gasteiger partial charge in [-0.3, -0.25) is 9.88 Å². The van der Waals surface area contributed by atoms with Gasteiger partial charge in [0.05, 0.1) is 35.7 Å². The normalized spacial score (nSPS) is 14.9. The number of para-hydroxylation sites is 1. The zero-order valence-electron chi connectivity index (χ0n) is 15.2. The van der Waals surface area contributed by atoms with Crippen molar-refractivity contribution in [2.24, 2.45) is 0 Å². The Hall–Kier alpha value is -2.67. The molecule has 2 heterocycles. The lowest BCUT2D eigenvalue weighted by atomic mass is 10.1. The molecule has 1 saturated heterocycles. The van der Waals surface area contributed by atoms with Crippen LogP contribution in [0.5, 0.6) is 0 Å². The molecule has 0 spiro atoms. The fraction of sp³-hybridized carbons (Fsp3) is 0.238. The number of carbonyl (C=O) groups is 1. The van der Waals surface area contributed by atoms with Crippen LogP contribution in [0.15, 0.2) is 48.7 Å². The predicted molar refractivity (Wildman–Crippen MR) is 110 cm³/mol. The minimum atomic E-state index is -0.978. The highest BCUT2D eigenvalue weighted by Crippen LogP contribution is 2.33. The fourth-order valence-corrected chi connectivity index (χ4v) is 3.56. The van der Waals surface area contributed by atoms with Crippen LogP contribution in [0.2, 0.25) is 5.02 Å². The van der Waals surface area contributed by atoms with Gasteiger partial charge in [0.2, 0.25) is 0 Å². The second-order valence-corrected chi connectivity index (χ2v) is 7.12. The fourth-order valence-electron chi connectivity index (χ4n) is 3.39. The third-order valence-electron chi connectivity index (χ3n) is 4.82. The summed E-state index contributed by atoms with van der Waals surface area (Å²) < 4.78 is 5.44. The minimum absolute atomic E-state index is 0.215. The zero-order chi connectivity index (χ0) is 19.5. The number of aromatic carboxylic acids is 1. The van der Waals surface area contributed by atoms with Gasteiger partial charge in [-0.15, -0.1) is 0 Å². The average molecular weight is 398 g/mol. The average Bonchev–Trinajstić information content (AvgIpc) is 2.71. The van der Waals surface area contributed by atoms with E-state index in [1.165, 1.54) is 0 Å². The predicted octanol–water partition coefficient (Wildman–Crippen LogP) is 4.16. The first-order valence-electron chi connectivity index (χ1n) is 9.08. The van der Waals surface area contributed by atoms with Crippen molar-refractivity contribution in [1.82, 2.24) is 9.88 Å². The van der Waals surface area contributed by atoms with E-state index in [9.17, 15) is 9.90 Å². The van der Waals surface area contributed by atoms with Crippen molar-refractivity contribution < 1.29 is 14.6 Å². The molecule has 1 aromatic heterocycles. The van der Waals surface area contributed by atoms with Gasteiger partial charge in [0.1, 0.15) is 0 Å². The van der Waals surface area contributed by atoms with Gasteiger partial charge in [-0.05, 0) is 30.3 Å². The van der Waals surface area contributed by atoms with E-state index in [-0.39, 0.29) is 5.56 Å². The van der Waals surface area contributed by atoms with Crippen LogP contribution in [0.3, 0.4) is 0 Å². The van der Waals surface area contributed by atoms with Gasteiger partial charge in [-0.1, -0.05) is 23.7 Å². The summed E-state index contributed by atoms with van der Waals surface area (Å²) in [6.45, 7) is 3.79. The van der Waals surface area contributed by atoms with E-state index in [2.05, 4.69) is 15.2 Å². The number of hydrogen-bond donors (Lipinski definition) is 2. The molecule has 1 aliphatic rings. The zero-order valence-corrected chi connectivity index (χ0v) is 15.9. The van der Waals surface area contributed by atoms with Crippen molar-refractivity contribution in [3.05, 3.63) is 64.8 Å². The Bertz CT molecular complexity index is 1020. The van der Waals surface area contributed by atoms with Gasteiger partial charge < -0.3 is 15.2 Å². The van der Waals surface area contributed by atoms with Gasteiger partial charge in [-0.2, -0.15) is 0 Å². The summed E-state index contributed by atoms with van der Waals surface area (Å²) in [5.74, 6) is -0.978. The minimum Gasteiger partial charge on any atom is -0.478 e. The Balaban J connectivity index is 1.80. The summed E-state index contributed by atoms with van der Waals surface area (Å²) in [6, 6.07) is 12.4. The first-order chi connectivity index (χ1) is 13.6. The molecule has 0 unspecified atom stereocenters. The maximum absolute atomic E-state index is 11.6. The van der Waals surface area contributed by atoms with Crippen molar-refractivity contribution in [2.45, 2.75) is 6.54 Å². The number of benzene rings is 2. The Morgan fingerprint density at radius 3 is 2.79 bits per heavy atom. The van der Waals surface area contributed by atoms with E-state index in [0.29, 0.717) is 30.5 Å². The number of ether oxygens (including phenoxy) is 1. The van der Waals surface area contributed by atoms with Crippen molar-refractivity contribution in [1.29, 1.82) is 0 Å². The largest absolute Gasteiger partial charge is 0.478 e. The van der Waals surface area contributed by atoms with E-state index >= 15 is 0 Å². The first kappa shape index (κ1) is 18.7. The number of halogens is 1. The van der Waals surface area contributed by atoms with Crippen LogP contribution in [0.25, 0.3) is 10.9 Å². The lowest BCUT2D eigenvalue weighted by Gasteiger charge is -2.27. The van der Waals surface area contributed by atoms with Crippen LogP contribution >= 0.6 is 11.6 Å². The highest BCUT2D eigenvalue weighted by Gasteiger charge is 2.17. The summed E-state index contributed by atoms with van der Waals surface area (Å²) in [4.78, 5) is 18.5. The van der Waals surface area contributed by atoms with Gasteiger partial charge in [0.25, 0.3) is 0 Å². The quantitative estimate of drug-likeness (QED) is 0.673. The monoisotopic (exact) mass is 397 g/mol. The third kappa shape index (κ3) is 3.94. The van der Waals surface area contributed by atoms with Gasteiger partial charge >= 0.3 is 5.97 Å². The van der Waals surface area contributed by atoms with E-state index in [0.717, 1.165) is 35.2 Å². The molecule has 1 fully saturated rings. The molecule has 28 heavy (non-hydrogen) atoms. The van der Waals surface area contributed by atoms with Crippen molar-refractivity contribution in [2.75, 3.05) is 31.6 Å². The molecule has 144 valence electrons. The number of carboxylic acids is 1. The summed E-state index contributed by atoms with van der Waals surface area (Å²) in [5, 5.41) is 14.3. The Kier molecular flexibility index (Phi) is 5.43. The standard InChI is InChI=1S/C21H20ClN3O3/c22-15-5-6-18-17(11-15)20(24-19-4-2-1-3-16(19)21(26)27)14(12-23-18)13-25-7-9-28-10-8-25/h1-6,11-12H,7-10,13H2,(H,23,24)(H,26,27). The smallest absolute Gasteiger partial charge is 0.337 e. The van der Waals surface area contributed by atoms with Crippen molar-refractivity contribution in [3.8, 4) is 0 Å². The topological polar surface area (TPSA) is 74.7 Å². The van der Waals surface area contributed by atoms with Crippen LogP contribution < -0.4 is 5.32 Å². The molecule has 6 nitrogen and oxygen atoms in total. The summed E-state index contributed by atoms with van der Waals surface area (Å²) in [5.41, 5.74) is 3.35. The molecule has 0 saturated carbocycles. The second-order valence-electron chi connectivity index (χ2n) is 6.68. The van der Waals surface area contributed by atoms with E-state index in [1.807, 2.05) is 24.4 Å². The molecular formula is C21H20ClN3O3. The molecule has 0 amide bonds. The molecule has 0 atom stereocenters. The maximum Gasteiger partial charge on any atom is 0.337 e. The van der Waals surface area contributed by atoms with Crippen molar-refractivity contribution in [3.63, 3.8) is 0 Å². The van der Waals surface area contributed by atoms with Crippen LogP contribution in [-0.2, 0) is 11.3 Å². The molecular weight excluding hydrogens is 378 g/mol. The molecule has 0 aliphatic carbocycles. The third-order valence-corrected chi connectivity index (χ3v) is 5.06. The van der Waals surface area contributed by atoms with Gasteiger partial charge in [0.15, 0.2) is 0 Å². The number of fused-ring (bicyclic) bond motifs is 1. The summed E-state index contributed by atoms with van der Waals surface area (Å²) >= 11 is 6.24. The number of aromatic nitrogens is 1. The Morgan fingerprint density at radius 2 is 2.00 bits per heavy atom. The molecule has 7 heteroatoms. The van der Waals surface area contributed by atoms with Gasteiger partial charge in [0, 0.05) is 41.8 Å². The molecule has 0 bridgehead atoms. The molecule has 3 aromatic rings. The Labute approximate surface area is 167 Å². The highest BCUT2D eigenvalue weighted by atomic mass is 35.5. The molecule has 2 aromatic carbocycles. The lowest BCUT2D eigenvalue weighted by Crippen LogP contribution is -2.35. The SMILES string of the molecule is O=C(O)c1ccccc1Nc1c(CN2CCOCC2)cnc2ccc(Cl)cc12. The van der Waals surface area contributed by atoms with Crippen LogP contribution in [0.1, 0.15) is 15.9 Å². The van der Waals surface area contributed by atoms with Crippen LogP contribution in [-0.4, -0.2) is 47.3 Å². The molecule has 2 N–H and O–H groups in total. The lowest BCUT2D eigenvalue weighted by molar-refractivity contribution is 0.0342. The number of rotatable bonds is 5. The van der Waals surface area contributed by atoms with E-state index in [1.54, 1.807) is 24.3 Å². The van der Waals surface area contributed by atoms with Crippen LogP contribution in [0, 0.1) is 0 Å². The number of hydrogen-bond acceptors (Lipinski definition) is 5. The number of carboxylic acid groups (broad SMARTS) is 1. The molecule has 0 radical (unpaired) electrons. The van der Waals surface area contributed by atoms with Gasteiger partial charge in [-0.25, -0.2) is 4.79 Å². The molecule has 4 rings (SSSR count). The van der Waals surface area contributed by atoms with E-state index < -0.39 is 5.97 Å². The summed E-state index contributed by atoms with van der Waals surface area (Å²) in [7, 11) is 0. The summed E-state index contributed by atoms with van der Waals surface area (Å²) in [6.07, 6.45) is 1.84. The number of pyridine rings is 1.